The second-order valence-corrected chi connectivity index (χ2v) is 4.90. The van der Waals surface area contributed by atoms with Crippen LogP contribution in [-0.4, -0.2) is 66.2 Å². The van der Waals surface area contributed by atoms with Crippen LogP contribution in [0.4, 0.5) is 0 Å². The summed E-state index contributed by atoms with van der Waals surface area (Å²) in [6.45, 7) is 5.27. The molecule has 0 radical (unpaired) electrons. The van der Waals surface area contributed by atoms with E-state index in [2.05, 4.69) is 15.6 Å². The van der Waals surface area contributed by atoms with Crippen LogP contribution in [0.3, 0.4) is 0 Å². The Morgan fingerprint density at radius 1 is 1.05 bits per heavy atom. The van der Waals surface area contributed by atoms with Crippen LogP contribution in [0.1, 0.15) is 19.3 Å². The molecular formula is C14H30IN3O3. The molecule has 126 valence electrons. The van der Waals surface area contributed by atoms with Crippen molar-refractivity contribution in [2.24, 2.45) is 10.9 Å². The van der Waals surface area contributed by atoms with Gasteiger partial charge in [-0.1, -0.05) is 0 Å². The average molecular weight is 415 g/mol. The van der Waals surface area contributed by atoms with E-state index in [9.17, 15) is 0 Å². The number of ether oxygens (including phenoxy) is 3. The molecule has 0 unspecified atom stereocenters. The third kappa shape index (κ3) is 13.3. The Morgan fingerprint density at radius 3 is 2.48 bits per heavy atom. The van der Waals surface area contributed by atoms with Crippen LogP contribution in [0.25, 0.3) is 0 Å². The molecule has 1 rings (SSSR count). The fourth-order valence-electron chi connectivity index (χ4n) is 1.62. The van der Waals surface area contributed by atoms with Gasteiger partial charge in [0.15, 0.2) is 5.96 Å². The van der Waals surface area contributed by atoms with Crippen molar-refractivity contribution in [2.45, 2.75) is 19.3 Å². The summed E-state index contributed by atoms with van der Waals surface area (Å²) in [7, 11) is 3.44. The maximum atomic E-state index is 5.58. The van der Waals surface area contributed by atoms with Crippen LogP contribution < -0.4 is 10.6 Å². The lowest BCUT2D eigenvalue weighted by atomic mass is 10.4. The standard InChI is InChI=1S/C14H29N3O3.HI/c1-15-14(17-7-9-19-11-10-18-2)16-6-3-8-20-12-13-4-5-13;/h13H,3-12H2,1-2H3,(H2,15,16,17);1H. The second-order valence-electron chi connectivity index (χ2n) is 4.90. The summed E-state index contributed by atoms with van der Waals surface area (Å²) >= 11 is 0. The Balaban J connectivity index is 0.00000400. The first-order valence-electron chi connectivity index (χ1n) is 7.45. The summed E-state index contributed by atoms with van der Waals surface area (Å²) in [4.78, 5) is 4.15. The third-order valence-corrected chi connectivity index (χ3v) is 3.00. The molecule has 7 heteroatoms. The molecular weight excluding hydrogens is 385 g/mol. The minimum atomic E-state index is 0. The fourth-order valence-corrected chi connectivity index (χ4v) is 1.62. The first-order valence-corrected chi connectivity index (χ1v) is 7.45. The van der Waals surface area contributed by atoms with Crippen molar-refractivity contribution in [3.8, 4) is 0 Å². The Morgan fingerprint density at radius 2 is 1.81 bits per heavy atom. The van der Waals surface area contributed by atoms with Crippen LogP contribution in [-0.2, 0) is 14.2 Å². The molecule has 1 saturated carbocycles. The van der Waals surface area contributed by atoms with Gasteiger partial charge in [-0.25, -0.2) is 0 Å². The van der Waals surface area contributed by atoms with E-state index in [1.165, 1.54) is 12.8 Å². The van der Waals surface area contributed by atoms with E-state index >= 15 is 0 Å². The van der Waals surface area contributed by atoms with Crippen molar-refractivity contribution in [3.63, 3.8) is 0 Å². The summed E-state index contributed by atoms with van der Waals surface area (Å²) < 4.78 is 15.8. The Labute approximate surface area is 145 Å². The summed E-state index contributed by atoms with van der Waals surface area (Å²) in [5.74, 6) is 1.65. The number of methoxy groups -OCH3 is 1. The summed E-state index contributed by atoms with van der Waals surface area (Å²) in [5, 5.41) is 6.45. The molecule has 0 bridgehead atoms. The molecule has 0 atom stereocenters. The van der Waals surface area contributed by atoms with E-state index in [-0.39, 0.29) is 24.0 Å². The molecule has 1 aliphatic rings. The lowest BCUT2D eigenvalue weighted by Gasteiger charge is -2.12. The molecule has 0 aromatic heterocycles. The number of nitrogens with zero attached hydrogens (tertiary/aromatic N) is 1. The zero-order chi connectivity index (χ0) is 14.5. The molecule has 2 N–H and O–H groups in total. The highest BCUT2D eigenvalue weighted by Crippen LogP contribution is 2.28. The fraction of sp³-hybridized carbons (Fsp3) is 0.929. The second kappa shape index (κ2) is 14.8. The molecule has 0 amide bonds. The van der Waals surface area contributed by atoms with Crippen molar-refractivity contribution in [2.75, 3.05) is 60.3 Å². The van der Waals surface area contributed by atoms with E-state index in [0.29, 0.717) is 19.8 Å². The molecule has 0 spiro atoms. The molecule has 21 heavy (non-hydrogen) atoms. The molecule has 0 aliphatic heterocycles. The van der Waals surface area contributed by atoms with Crippen molar-refractivity contribution < 1.29 is 14.2 Å². The number of aliphatic imine (C=N–C) groups is 1. The predicted molar refractivity (Wildman–Crippen MR) is 95.6 cm³/mol. The zero-order valence-corrected chi connectivity index (χ0v) is 15.6. The lowest BCUT2D eigenvalue weighted by molar-refractivity contribution is 0.0733. The van der Waals surface area contributed by atoms with Gasteiger partial charge < -0.3 is 24.8 Å². The average Bonchev–Trinajstić information content (AvgIpc) is 3.28. The number of rotatable bonds is 12. The predicted octanol–water partition coefficient (Wildman–Crippen LogP) is 1.25. The van der Waals surface area contributed by atoms with Gasteiger partial charge in [-0.05, 0) is 25.2 Å². The van der Waals surface area contributed by atoms with Crippen molar-refractivity contribution >= 4 is 29.9 Å². The number of guanidine groups is 1. The first-order chi connectivity index (χ1) is 9.86. The number of hydrogen-bond acceptors (Lipinski definition) is 4. The van der Waals surface area contributed by atoms with Crippen LogP contribution >= 0.6 is 24.0 Å². The molecule has 0 saturated heterocycles. The van der Waals surface area contributed by atoms with Gasteiger partial charge in [0.1, 0.15) is 0 Å². The summed E-state index contributed by atoms with van der Waals surface area (Å²) in [6.07, 6.45) is 3.69. The number of hydrogen-bond donors (Lipinski definition) is 2. The van der Waals surface area contributed by atoms with E-state index in [4.69, 9.17) is 14.2 Å². The highest BCUT2D eigenvalue weighted by molar-refractivity contribution is 14.0. The Kier molecular flexibility index (Phi) is 14.7. The Hall–Kier alpha value is -0.120. The molecule has 0 aromatic rings. The first kappa shape index (κ1) is 20.9. The molecule has 0 heterocycles. The van der Waals surface area contributed by atoms with Crippen LogP contribution in [0.5, 0.6) is 0 Å². The molecule has 1 fully saturated rings. The van der Waals surface area contributed by atoms with Gasteiger partial charge in [0.25, 0.3) is 0 Å². The Bertz CT molecular complexity index is 264. The smallest absolute Gasteiger partial charge is 0.191 e. The van der Waals surface area contributed by atoms with Crippen LogP contribution in [0.2, 0.25) is 0 Å². The van der Waals surface area contributed by atoms with Crippen molar-refractivity contribution in [1.82, 2.24) is 10.6 Å². The highest BCUT2D eigenvalue weighted by atomic mass is 127. The molecule has 6 nitrogen and oxygen atoms in total. The van der Waals surface area contributed by atoms with Gasteiger partial charge in [-0.3, -0.25) is 4.99 Å². The van der Waals surface area contributed by atoms with E-state index in [1.54, 1.807) is 14.2 Å². The van der Waals surface area contributed by atoms with E-state index < -0.39 is 0 Å². The van der Waals surface area contributed by atoms with Gasteiger partial charge in [0.05, 0.1) is 19.8 Å². The molecule has 0 aromatic carbocycles. The topological polar surface area (TPSA) is 64.1 Å². The van der Waals surface area contributed by atoms with Gasteiger partial charge in [-0.15, -0.1) is 24.0 Å². The quantitative estimate of drug-likeness (QED) is 0.218. The molecule has 1 aliphatic carbocycles. The SMILES string of the molecule is CN=C(NCCCOCC1CC1)NCCOCCOC.I. The van der Waals surface area contributed by atoms with Crippen LogP contribution in [0.15, 0.2) is 4.99 Å². The third-order valence-electron chi connectivity index (χ3n) is 3.00. The van der Waals surface area contributed by atoms with Crippen LogP contribution in [0, 0.1) is 5.92 Å². The minimum Gasteiger partial charge on any atom is -0.382 e. The van der Waals surface area contributed by atoms with E-state index in [1.807, 2.05) is 0 Å². The highest BCUT2D eigenvalue weighted by Gasteiger charge is 2.20. The maximum Gasteiger partial charge on any atom is 0.191 e. The number of nitrogens with one attached hydrogen (secondary N) is 2. The summed E-state index contributed by atoms with van der Waals surface area (Å²) in [5.41, 5.74) is 0. The van der Waals surface area contributed by atoms with Gasteiger partial charge in [0, 0.05) is 40.5 Å². The van der Waals surface area contributed by atoms with Gasteiger partial charge >= 0.3 is 0 Å². The van der Waals surface area contributed by atoms with Gasteiger partial charge in [-0.2, -0.15) is 0 Å². The van der Waals surface area contributed by atoms with Gasteiger partial charge in [0.2, 0.25) is 0 Å². The van der Waals surface area contributed by atoms with Crippen molar-refractivity contribution in [3.05, 3.63) is 0 Å². The largest absolute Gasteiger partial charge is 0.382 e. The lowest BCUT2D eigenvalue weighted by Crippen LogP contribution is -2.39. The minimum absolute atomic E-state index is 0. The maximum absolute atomic E-state index is 5.58. The normalized spacial score (nSPS) is 14.7. The van der Waals surface area contributed by atoms with E-state index in [0.717, 1.165) is 44.6 Å². The summed E-state index contributed by atoms with van der Waals surface area (Å²) in [6, 6.07) is 0. The zero-order valence-electron chi connectivity index (χ0n) is 13.2. The van der Waals surface area contributed by atoms with Crippen molar-refractivity contribution in [1.29, 1.82) is 0 Å². The number of halogens is 1. The monoisotopic (exact) mass is 415 g/mol.